The van der Waals surface area contributed by atoms with Crippen LogP contribution >= 0.6 is 0 Å². The Balaban J connectivity index is 0.00000277. The molecule has 0 atom stereocenters. The zero-order valence-corrected chi connectivity index (χ0v) is 17.2. The van der Waals surface area contributed by atoms with Gasteiger partial charge in [0.05, 0.1) is 7.11 Å². The number of benzene rings is 1. The number of aromatic hydroxyl groups is 1. The van der Waals surface area contributed by atoms with Crippen LogP contribution in [0.3, 0.4) is 0 Å². The summed E-state index contributed by atoms with van der Waals surface area (Å²) >= 11 is 0. The summed E-state index contributed by atoms with van der Waals surface area (Å²) in [5.74, 6) is 0.388. The Kier molecular flexibility index (Phi) is 12.9. The number of rotatable bonds is 10. The number of unbranched alkanes of at least 4 members (excludes halogenated alkanes) is 6. The third kappa shape index (κ3) is 8.94. The lowest BCUT2D eigenvalue weighted by Crippen LogP contribution is -1.99. The van der Waals surface area contributed by atoms with Crippen molar-refractivity contribution >= 4 is 5.97 Å². The molecule has 0 saturated heterocycles. The Morgan fingerprint density at radius 3 is 2.00 bits per heavy atom. The Morgan fingerprint density at radius 1 is 0.920 bits per heavy atom. The molecule has 1 aromatic carbocycles. The first-order valence-corrected chi connectivity index (χ1v) is 9.82. The van der Waals surface area contributed by atoms with E-state index in [1.807, 2.05) is 27.7 Å². The van der Waals surface area contributed by atoms with Crippen LogP contribution in [0, 0.1) is 20.8 Å². The largest absolute Gasteiger partial charge is 0.507 e. The molecule has 3 heteroatoms. The molecule has 144 valence electrons. The molecule has 0 bridgehead atoms. The predicted molar refractivity (Wildman–Crippen MR) is 106 cm³/mol. The summed E-state index contributed by atoms with van der Waals surface area (Å²) < 4.78 is 4.63. The number of aryl methyl sites for hydroxylation is 2. The normalized spacial score (nSPS) is 10.2. The van der Waals surface area contributed by atoms with Crippen LogP contribution in [0.15, 0.2) is 6.07 Å². The van der Waals surface area contributed by atoms with E-state index >= 15 is 0 Å². The second-order valence-electron chi connectivity index (χ2n) is 6.51. The lowest BCUT2D eigenvalue weighted by Gasteiger charge is -2.13. The molecule has 3 nitrogen and oxygen atoms in total. The Labute approximate surface area is 154 Å². The van der Waals surface area contributed by atoms with Crippen LogP contribution in [-0.2, 0) is 16.0 Å². The van der Waals surface area contributed by atoms with Gasteiger partial charge in [-0.1, -0.05) is 52.0 Å². The van der Waals surface area contributed by atoms with Crippen molar-refractivity contribution in [3.63, 3.8) is 0 Å². The molecular formula is C22H38O3. The quantitative estimate of drug-likeness (QED) is 0.405. The van der Waals surface area contributed by atoms with Crippen molar-refractivity contribution in [2.45, 2.75) is 92.4 Å². The first-order chi connectivity index (χ1) is 12.0. The molecule has 0 saturated carbocycles. The van der Waals surface area contributed by atoms with Crippen LogP contribution in [0.4, 0.5) is 0 Å². The van der Waals surface area contributed by atoms with E-state index in [1.165, 1.54) is 38.4 Å². The molecular weight excluding hydrogens is 312 g/mol. The van der Waals surface area contributed by atoms with Gasteiger partial charge in [-0.05, 0) is 62.3 Å². The highest BCUT2D eigenvalue weighted by Gasteiger charge is 2.10. The molecule has 25 heavy (non-hydrogen) atoms. The van der Waals surface area contributed by atoms with Crippen LogP contribution < -0.4 is 0 Å². The van der Waals surface area contributed by atoms with Gasteiger partial charge in [-0.25, -0.2) is 0 Å². The van der Waals surface area contributed by atoms with Gasteiger partial charge in [-0.2, -0.15) is 0 Å². The number of hydrogen-bond acceptors (Lipinski definition) is 3. The molecule has 0 aromatic heterocycles. The minimum absolute atomic E-state index is 0.103. The van der Waals surface area contributed by atoms with Crippen molar-refractivity contribution in [1.29, 1.82) is 0 Å². The fourth-order valence-corrected chi connectivity index (χ4v) is 2.99. The minimum Gasteiger partial charge on any atom is -0.507 e. The van der Waals surface area contributed by atoms with Gasteiger partial charge in [-0.3, -0.25) is 4.79 Å². The zero-order valence-electron chi connectivity index (χ0n) is 17.2. The minimum atomic E-state index is -0.103. The summed E-state index contributed by atoms with van der Waals surface area (Å²) in [6.45, 7) is 10.1. The molecule has 0 radical (unpaired) electrons. The number of carbonyl (C=O) groups is 1. The van der Waals surface area contributed by atoms with Crippen molar-refractivity contribution in [3.05, 3.63) is 28.3 Å². The van der Waals surface area contributed by atoms with E-state index in [4.69, 9.17) is 0 Å². The van der Waals surface area contributed by atoms with E-state index in [0.29, 0.717) is 12.2 Å². The number of carbonyl (C=O) groups excluding carboxylic acids is 1. The summed E-state index contributed by atoms with van der Waals surface area (Å²) in [5.41, 5.74) is 4.49. The fourth-order valence-electron chi connectivity index (χ4n) is 2.99. The maximum absolute atomic E-state index is 11.0. The number of methoxy groups -OCH3 is 1. The Bertz CT molecular complexity index is 506. The van der Waals surface area contributed by atoms with E-state index in [-0.39, 0.29) is 5.97 Å². The third-order valence-corrected chi connectivity index (χ3v) is 4.68. The second kappa shape index (κ2) is 13.7. The van der Waals surface area contributed by atoms with Crippen molar-refractivity contribution in [2.75, 3.05) is 7.11 Å². The predicted octanol–water partition coefficient (Wildman–Crippen LogP) is 6.18. The van der Waals surface area contributed by atoms with Crippen LogP contribution in [0.5, 0.6) is 5.75 Å². The molecule has 0 amide bonds. The van der Waals surface area contributed by atoms with Crippen molar-refractivity contribution in [1.82, 2.24) is 0 Å². The maximum atomic E-state index is 11.0. The molecule has 0 spiro atoms. The first kappa shape index (κ1) is 23.5. The second-order valence-corrected chi connectivity index (χ2v) is 6.51. The summed E-state index contributed by atoms with van der Waals surface area (Å²) in [4.78, 5) is 11.0. The van der Waals surface area contributed by atoms with E-state index in [9.17, 15) is 9.90 Å². The maximum Gasteiger partial charge on any atom is 0.305 e. The summed E-state index contributed by atoms with van der Waals surface area (Å²) in [6.07, 6.45) is 9.49. The van der Waals surface area contributed by atoms with Gasteiger partial charge in [-0.15, -0.1) is 0 Å². The average molecular weight is 351 g/mol. The van der Waals surface area contributed by atoms with E-state index < -0.39 is 0 Å². The van der Waals surface area contributed by atoms with Crippen LogP contribution in [0.25, 0.3) is 0 Å². The Hall–Kier alpha value is -1.51. The summed E-state index contributed by atoms with van der Waals surface area (Å²) in [7, 11) is 1.44. The van der Waals surface area contributed by atoms with Gasteiger partial charge in [0.2, 0.25) is 0 Å². The molecule has 1 N–H and O–H groups in total. The number of hydrogen-bond donors (Lipinski definition) is 1. The summed E-state index contributed by atoms with van der Waals surface area (Å²) in [5, 5.41) is 10.3. The number of phenols is 1. The van der Waals surface area contributed by atoms with Crippen LogP contribution in [0.2, 0.25) is 0 Å². The highest BCUT2D eigenvalue weighted by Crippen LogP contribution is 2.29. The molecule has 0 heterocycles. The van der Waals surface area contributed by atoms with Crippen LogP contribution in [0.1, 0.15) is 87.5 Å². The topological polar surface area (TPSA) is 46.5 Å². The van der Waals surface area contributed by atoms with E-state index in [0.717, 1.165) is 42.4 Å². The number of esters is 1. The lowest BCUT2D eigenvalue weighted by molar-refractivity contribution is -0.140. The molecule has 1 aromatic rings. The van der Waals surface area contributed by atoms with Gasteiger partial charge in [0.1, 0.15) is 5.75 Å². The van der Waals surface area contributed by atoms with Crippen molar-refractivity contribution in [3.8, 4) is 5.75 Å². The molecule has 0 aliphatic rings. The SMILES string of the molecule is CC.COC(=O)CCCCCCCCCc1c(C)cc(C)c(C)c1O. The number of ether oxygens (including phenoxy) is 1. The highest BCUT2D eigenvalue weighted by molar-refractivity contribution is 5.68. The molecule has 0 aliphatic heterocycles. The van der Waals surface area contributed by atoms with E-state index in [2.05, 4.69) is 17.7 Å². The third-order valence-electron chi connectivity index (χ3n) is 4.68. The van der Waals surface area contributed by atoms with Gasteiger partial charge in [0.25, 0.3) is 0 Å². The summed E-state index contributed by atoms with van der Waals surface area (Å²) in [6, 6.07) is 2.17. The fraction of sp³-hybridized carbons (Fsp3) is 0.682. The zero-order chi connectivity index (χ0) is 19.2. The van der Waals surface area contributed by atoms with Crippen molar-refractivity contribution in [2.24, 2.45) is 0 Å². The number of phenolic OH excluding ortho intramolecular Hbond substituents is 1. The highest BCUT2D eigenvalue weighted by atomic mass is 16.5. The smallest absolute Gasteiger partial charge is 0.305 e. The van der Waals surface area contributed by atoms with Gasteiger partial charge in [0, 0.05) is 6.42 Å². The van der Waals surface area contributed by atoms with Crippen molar-refractivity contribution < 1.29 is 14.6 Å². The molecule has 1 rings (SSSR count). The van der Waals surface area contributed by atoms with Gasteiger partial charge in [0.15, 0.2) is 0 Å². The molecule has 0 unspecified atom stereocenters. The standard InChI is InChI=1S/C20H32O3.C2H6/c1-15-14-16(2)18(20(22)17(15)3)12-10-8-6-5-7-9-11-13-19(21)23-4;1-2/h14,22H,5-13H2,1-4H3;1-2H3. The lowest BCUT2D eigenvalue weighted by atomic mass is 9.95. The van der Waals surface area contributed by atoms with Crippen LogP contribution in [-0.4, -0.2) is 18.2 Å². The van der Waals surface area contributed by atoms with E-state index in [1.54, 1.807) is 0 Å². The van der Waals surface area contributed by atoms with Gasteiger partial charge >= 0.3 is 5.97 Å². The molecule has 0 fully saturated rings. The Morgan fingerprint density at radius 2 is 1.44 bits per heavy atom. The van der Waals surface area contributed by atoms with Gasteiger partial charge < -0.3 is 9.84 Å². The first-order valence-electron chi connectivity index (χ1n) is 9.82. The average Bonchev–Trinajstić information content (AvgIpc) is 2.62. The monoisotopic (exact) mass is 350 g/mol. The molecule has 0 aliphatic carbocycles.